The highest BCUT2D eigenvalue weighted by Gasteiger charge is 2.42. The maximum absolute atomic E-state index is 11.7. The van der Waals surface area contributed by atoms with Crippen molar-refractivity contribution >= 4 is 6.09 Å². The van der Waals surface area contributed by atoms with E-state index in [1.165, 1.54) is 11.7 Å². The van der Waals surface area contributed by atoms with Crippen molar-refractivity contribution < 1.29 is 24.6 Å². The van der Waals surface area contributed by atoms with Gasteiger partial charge in [0, 0.05) is 17.8 Å². The van der Waals surface area contributed by atoms with Crippen LogP contribution in [0.15, 0.2) is 34.0 Å². The van der Waals surface area contributed by atoms with Crippen LogP contribution in [0.4, 0.5) is 4.79 Å². The molecular weight excluding hydrogens is 286 g/mol. The van der Waals surface area contributed by atoms with Gasteiger partial charge in [0.1, 0.15) is 6.10 Å². The molecule has 0 spiro atoms. The minimum Gasteiger partial charge on any atom is -0.437 e. The van der Waals surface area contributed by atoms with Crippen LogP contribution < -0.4 is 16.7 Å². The van der Waals surface area contributed by atoms with Crippen molar-refractivity contribution in [2.75, 3.05) is 6.61 Å². The summed E-state index contributed by atoms with van der Waals surface area (Å²) in [6.45, 7) is 3.17. The number of hydrogen-bond donors (Lipinski definition) is 4. The van der Waals surface area contributed by atoms with Gasteiger partial charge in [0.25, 0.3) is 5.56 Å². The monoisotopic (exact) mass is 299 g/mol. The number of rotatable bonds is 3. The molecule has 1 aliphatic rings. The van der Waals surface area contributed by atoms with Crippen molar-refractivity contribution in [2.24, 2.45) is 0 Å². The van der Waals surface area contributed by atoms with Crippen molar-refractivity contribution in [1.29, 1.82) is 0 Å². The summed E-state index contributed by atoms with van der Waals surface area (Å²) in [6, 6.07) is 1.11. The summed E-state index contributed by atoms with van der Waals surface area (Å²) in [6.07, 6.45) is -3.01. The number of amides is 1. The number of aliphatic hydroxyl groups excluding tert-OH is 1. The topological polar surface area (TPSA) is 143 Å². The van der Waals surface area contributed by atoms with Crippen LogP contribution in [0.25, 0.3) is 0 Å². The molecule has 1 aliphatic heterocycles. The molecule has 0 saturated carbocycles. The van der Waals surface area contributed by atoms with Gasteiger partial charge in [-0.15, -0.1) is 0 Å². The molecule has 2 heterocycles. The molecule has 1 aromatic heterocycles. The number of hydroxylamine groups is 1. The summed E-state index contributed by atoms with van der Waals surface area (Å²) in [5, 5.41) is 17.7. The van der Waals surface area contributed by atoms with Crippen LogP contribution in [0.1, 0.15) is 6.23 Å². The highest BCUT2D eigenvalue weighted by Crippen LogP contribution is 2.33. The molecule has 2 rings (SSSR count). The largest absolute Gasteiger partial charge is 0.437 e. The summed E-state index contributed by atoms with van der Waals surface area (Å²) in [5.41, 5.74) is 0.132. The first-order valence-corrected chi connectivity index (χ1v) is 5.85. The van der Waals surface area contributed by atoms with Gasteiger partial charge in [0.15, 0.2) is 12.3 Å². The lowest BCUT2D eigenvalue weighted by atomic mass is 10.1. The zero-order chi connectivity index (χ0) is 15.6. The maximum Gasteiger partial charge on any atom is 0.431 e. The smallest absolute Gasteiger partial charge is 0.431 e. The number of carbonyl (C=O) groups is 1. The van der Waals surface area contributed by atoms with Gasteiger partial charge in [0.05, 0.1) is 6.61 Å². The third-order valence-electron chi connectivity index (χ3n) is 2.93. The van der Waals surface area contributed by atoms with E-state index >= 15 is 0 Å². The zero-order valence-corrected chi connectivity index (χ0v) is 10.7. The second-order valence-corrected chi connectivity index (χ2v) is 4.24. The Kier molecular flexibility index (Phi) is 4.21. The van der Waals surface area contributed by atoms with Crippen LogP contribution >= 0.6 is 0 Å². The van der Waals surface area contributed by atoms with E-state index in [-0.39, 0.29) is 5.57 Å². The Hall–Kier alpha value is -2.43. The Morgan fingerprint density at radius 1 is 1.57 bits per heavy atom. The van der Waals surface area contributed by atoms with Gasteiger partial charge in [-0.25, -0.2) is 15.1 Å². The second kappa shape index (κ2) is 5.91. The minimum absolute atomic E-state index is 0.173. The molecule has 4 N–H and O–H groups in total. The number of aliphatic hydroxyl groups is 1. The predicted octanol–water partition coefficient (Wildman–Crippen LogP) is -1.53. The van der Waals surface area contributed by atoms with Crippen LogP contribution in [-0.2, 0) is 9.47 Å². The third kappa shape index (κ3) is 2.86. The molecule has 0 aliphatic carbocycles. The van der Waals surface area contributed by atoms with Gasteiger partial charge >= 0.3 is 11.8 Å². The van der Waals surface area contributed by atoms with Gasteiger partial charge in [-0.1, -0.05) is 6.58 Å². The average molecular weight is 299 g/mol. The lowest BCUT2D eigenvalue weighted by molar-refractivity contribution is -0.0508. The first-order valence-electron chi connectivity index (χ1n) is 5.85. The minimum atomic E-state index is -1.15. The molecule has 114 valence electrons. The summed E-state index contributed by atoms with van der Waals surface area (Å²) >= 11 is 0. The molecule has 1 amide bonds. The normalized spacial score (nSPS) is 24.9. The van der Waals surface area contributed by atoms with Crippen LogP contribution in [0.5, 0.6) is 0 Å². The van der Waals surface area contributed by atoms with Gasteiger partial charge in [-0.05, 0) is 0 Å². The van der Waals surface area contributed by atoms with E-state index in [9.17, 15) is 19.5 Å². The number of nitrogens with one attached hydrogen (secondary N) is 2. The highest BCUT2D eigenvalue weighted by atomic mass is 16.6. The second-order valence-electron chi connectivity index (χ2n) is 4.24. The number of aromatic amines is 1. The van der Waals surface area contributed by atoms with Crippen molar-refractivity contribution in [3.05, 3.63) is 45.3 Å². The third-order valence-corrected chi connectivity index (χ3v) is 2.93. The Balaban J connectivity index is 2.30. The summed E-state index contributed by atoms with van der Waals surface area (Å²) < 4.78 is 11.2. The molecule has 0 radical (unpaired) electrons. The number of carbonyl (C=O) groups excluding carboxylic acids is 1. The molecule has 0 unspecified atom stereocenters. The van der Waals surface area contributed by atoms with E-state index in [1.54, 1.807) is 0 Å². The molecule has 0 bridgehead atoms. The van der Waals surface area contributed by atoms with E-state index in [1.807, 2.05) is 4.98 Å². The van der Waals surface area contributed by atoms with Gasteiger partial charge in [0.2, 0.25) is 0 Å². The average Bonchev–Trinajstić information content (AvgIpc) is 2.76. The summed E-state index contributed by atoms with van der Waals surface area (Å²) in [7, 11) is 0. The van der Waals surface area contributed by atoms with E-state index in [2.05, 4.69) is 6.58 Å². The van der Waals surface area contributed by atoms with Crippen molar-refractivity contribution in [2.45, 2.75) is 18.4 Å². The lowest BCUT2D eigenvalue weighted by Crippen LogP contribution is -2.34. The number of ether oxygens (including phenoxy) is 2. The fourth-order valence-corrected chi connectivity index (χ4v) is 1.99. The van der Waals surface area contributed by atoms with E-state index in [0.29, 0.717) is 0 Å². The first-order chi connectivity index (χ1) is 9.97. The predicted molar refractivity (Wildman–Crippen MR) is 66.6 cm³/mol. The van der Waals surface area contributed by atoms with E-state index < -0.39 is 42.4 Å². The Labute approximate surface area is 117 Å². The standard InChI is InChI=1S/C11H13N3O7/c1-5-8(21-11(18)13-19)6(4-15)20-9(5)14-3-2-7(16)12-10(14)17/h2-3,6,8-9,15,19H,1,4H2,(H,13,18)(H,12,16,17)/t6-,8+,9-/m1/s1. The van der Waals surface area contributed by atoms with E-state index in [0.717, 1.165) is 10.6 Å². The van der Waals surface area contributed by atoms with Gasteiger partial charge < -0.3 is 14.6 Å². The summed E-state index contributed by atoms with van der Waals surface area (Å²) in [4.78, 5) is 35.8. The molecule has 0 aromatic carbocycles. The molecule has 1 fully saturated rings. The Morgan fingerprint density at radius 2 is 2.29 bits per heavy atom. The Morgan fingerprint density at radius 3 is 2.86 bits per heavy atom. The SMILES string of the molecule is C=C1[C@H](n2ccc(=O)[nH]c2=O)O[C@H](CO)[C@H]1OC(=O)NO. The lowest BCUT2D eigenvalue weighted by Gasteiger charge is -2.16. The van der Waals surface area contributed by atoms with Gasteiger partial charge in [-0.2, -0.15) is 0 Å². The fourth-order valence-electron chi connectivity index (χ4n) is 1.99. The first kappa shape index (κ1) is 15.0. The number of hydrogen-bond acceptors (Lipinski definition) is 7. The summed E-state index contributed by atoms with van der Waals surface area (Å²) in [5.74, 6) is 0. The van der Waals surface area contributed by atoms with Crippen LogP contribution in [0.3, 0.4) is 0 Å². The van der Waals surface area contributed by atoms with Crippen molar-refractivity contribution in [3.63, 3.8) is 0 Å². The number of H-pyrrole nitrogens is 1. The molecule has 1 saturated heterocycles. The highest BCUT2D eigenvalue weighted by molar-refractivity contribution is 5.66. The Bertz CT molecular complexity index is 664. The molecule has 3 atom stereocenters. The quantitative estimate of drug-likeness (QED) is 0.301. The van der Waals surface area contributed by atoms with Crippen LogP contribution in [-0.4, -0.2) is 44.8 Å². The zero-order valence-electron chi connectivity index (χ0n) is 10.7. The van der Waals surface area contributed by atoms with Crippen LogP contribution in [0, 0.1) is 0 Å². The van der Waals surface area contributed by atoms with Crippen molar-refractivity contribution in [3.8, 4) is 0 Å². The van der Waals surface area contributed by atoms with Crippen LogP contribution in [0.2, 0.25) is 0 Å². The molecular formula is C11H13N3O7. The molecule has 1 aromatic rings. The number of nitrogens with zero attached hydrogens (tertiary/aromatic N) is 1. The fraction of sp³-hybridized carbons (Fsp3) is 0.364. The maximum atomic E-state index is 11.7. The van der Waals surface area contributed by atoms with Crippen molar-refractivity contribution in [1.82, 2.24) is 15.0 Å². The van der Waals surface area contributed by atoms with Gasteiger partial charge in [-0.3, -0.25) is 19.6 Å². The number of aromatic nitrogens is 2. The molecule has 21 heavy (non-hydrogen) atoms. The van der Waals surface area contributed by atoms with E-state index in [4.69, 9.17) is 14.7 Å². The molecule has 10 heteroatoms. The molecule has 10 nitrogen and oxygen atoms in total.